The summed E-state index contributed by atoms with van der Waals surface area (Å²) in [5.74, 6) is 1.87. The lowest BCUT2D eigenvalue weighted by molar-refractivity contribution is 0.384. The largest absolute Gasteiger partial charge is 0.362 e. The van der Waals surface area contributed by atoms with E-state index in [-0.39, 0.29) is 6.04 Å². The summed E-state index contributed by atoms with van der Waals surface area (Å²) in [6, 6.07) is 11.4. The number of fused-ring (bicyclic) bond motifs is 1. The number of nitrogens with one attached hydrogen (secondary N) is 3. The van der Waals surface area contributed by atoms with Gasteiger partial charge in [0.1, 0.15) is 5.82 Å². The molecule has 1 saturated carbocycles. The summed E-state index contributed by atoms with van der Waals surface area (Å²) < 4.78 is 0. The molecule has 0 bridgehead atoms. The SMILES string of the molecule is C[C@@H](NC(=S)N[C@H]1CC[C@@H](Nc2nc3c(c(N(C)C)n2)CCCC3)CC1)c1ccccc1. The number of thiocarbonyl (C=S) groups is 1. The standard InChI is InChI=1S/C25H36N6S/c1-17(18-9-5-4-6-10-18)26-25(32)28-20-15-13-19(14-16-20)27-24-29-22-12-8-7-11-21(22)23(30-24)31(2)3/h4-6,9-10,17,19-20H,7-8,11-16H2,1-3H3,(H2,26,28,32)(H,27,29,30)/t17-,19-,20+/m1/s1. The second-order valence-corrected chi connectivity index (χ2v) is 9.75. The van der Waals surface area contributed by atoms with Gasteiger partial charge in [0.2, 0.25) is 5.95 Å². The summed E-state index contributed by atoms with van der Waals surface area (Å²) in [5, 5.41) is 11.3. The monoisotopic (exact) mass is 452 g/mol. The maximum Gasteiger partial charge on any atom is 0.225 e. The van der Waals surface area contributed by atoms with Crippen molar-refractivity contribution >= 4 is 29.1 Å². The van der Waals surface area contributed by atoms with Gasteiger partial charge in [-0.25, -0.2) is 4.98 Å². The lowest BCUT2D eigenvalue weighted by Crippen LogP contribution is -2.45. The minimum Gasteiger partial charge on any atom is -0.362 e. The van der Waals surface area contributed by atoms with Gasteiger partial charge in [-0.05, 0) is 76.1 Å². The third kappa shape index (κ3) is 5.68. The fourth-order valence-corrected chi connectivity index (χ4v) is 5.17. The van der Waals surface area contributed by atoms with Crippen LogP contribution in [0.2, 0.25) is 0 Å². The quantitative estimate of drug-likeness (QED) is 0.563. The Labute approximate surface area is 197 Å². The van der Waals surface area contributed by atoms with Gasteiger partial charge in [0.05, 0.1) is 11.7 Å². The molecule has 172 valence electrons. The maximum atomic E-state index is 5.58. The third-order valence-electron chi connectivity index (χ3n) is 6.63. The molecule has 3 N–H and O–H groups in total. The van der Waals surface area contributed by atoms with Crippen LogP contribution < -0.4 is 20.9 Å². The van der Waals surface area contributed by atoms with E-state index in [1.807, 2.05) is 6.07 Å². The number of hydrogen-bond acceptors (Lipinski definition) is 5. The van der Waals surface area contributed by atoms with Crippen LogP contribution in [0.15, 0.2) is 30.3 Å². The van der Waals surface area contributed by atoms with E-state index in [1.54, 1.807) is 0 Å². The number of aromatic nitrogens is 2. The van der Waals surface area contributed by atoms with Gasteiger partial charge >= 0.3 is 0 Å². The molecule has 32 heavy (non-hydrogen) atoms. The molecule has 0 spiro atoms. The Balaban J connectivity index is 1.28. The number of rotatable bonds is 6. The molecular formula is C25H36N6S. The molecule has 1 fully saturated rings. The Kier molecular flexibility index (Phi) is 7.45. The normalized spacial score (nSPS) is 21.2. The van der Waals surface area contributed by atoms with Crippen LogP contribution in [0.3, 0.4) is 0 Å². The van der Waals surface area contributed by atoms with E-state index in [0.29, 0.717) is 12.1 Å². The minimum atomic E-state index is 0.196. The maximum absolute atomic E-state index is 5.58. The molecule has 1 aromatic heterocycles. The lowest BCUT2D eigenvalue weighted by Gasteiger charge is -2.31. The molecule has 0 amide bonds. The fourth-order valence-electron chi connectivity index (χ4n) is 4.82. The molecular weight excluding hydrogens is 416 g/mol. The van der Waals surface area contributed by atoms with Crippen LogP contribution in [0.5, 0.6) is 0 Å². The minimum absolute atomic E-state index is 0.196. The average Bonchev–Trinajstić information content (AvgIpc) is 2.80. The van der Waals surface area contributed by atoms with Crippen LogP contribution in [0.1, 0.15) is 68.3 Å². The van der Waals surface area contributed by atoms with Crippen molar-refractivity contribution in [3.05, 3.63) is 47.2 Å². The smallest absolute Gasteiger partial charge is 0.225 e. The summed E-state index contributed by atoms with van der Waals surface area (Å²) in [4.78, 5) is 11.9. The van der Waals surface area contributed by atoms with E-state index < -0.39 is 0 Å². The second-order valence-electron chi connectivity index (χ2n) is 9.34. The van der Waals surface area contributed by atoms with Crippen molar-refractivity contribution in [2.24, 2.45) is 0 Å². The molecule has 2 aliphatic rings. The molecule has 0 radical (unpaired) electrons. The van der Waals surface area contributed by atoms with E-state index in [9.17, 15) is 0 Å². The summed E-state index contributed by atoms with van der Waals surface area (Å²) in [6.07, 6.45) is 8.98. The van der Waals surface area contributed by atoms with Crippen molar-refractivity contribution in [2.75, 3.05) is 24.3 Å². The molecule has 2 aliphatic carbocycles. The zero-order chi connectivity index (χ0) is 22.5. The third-order valence-corrected chi connectivity index (χ3v) is 6.86. The van der Waals surface area contributed by atoms with Crippen LogP contribution >= 0.6 is 12.2 Å². The first kappa shape index (κ1) is 22.8. The predicted molar refractivity (Wildman–Crippen MR) is 136 cm³/mol. The number of aryl methyl sites for hydroxylation is 1. The molecule has 6 nitrogen and oxygen atoms in total. The molecule has 1 atom stereocenters. The highest BCUT2D eigenvalue weighted by Crippen LogP contribution is 2.29. The lowest BCUT2D eigenvalue weighted by atomic mass is 9.91. The van der Waals surface area contributed by atoms with Crippen molar-refractivity contribution in [3.8, 4) is 0 Å². The summed E-state index contributed by atoms with van der Waals surface area (Å²) in [5.41, 5.74) is 3.81. The molecule has 7 heteroatoms. The van der Waals surface area contributed by atoms with Crippen molar-refractivity contribution < 1.29 is 0 Å². The molecule has 0 unspecified atom stereocenters. The molecule has 0 aliphatic heterocycles. The van der Waals surface area contributed by atoms with Gasteiger partial charge in [-0.3, -0.25) is 0 Å². The fraction of sp³-hybridized carbons (Fsp3) is 0.560. The summed E-state index contributed by atoms with van der Waals surface area (Å²) in [6.45, 7) is 2.14. The number of nitrogens with zero attached hydrogens (tertiary/aromatic N) is 3. The average molecular weight is 453 g/mol. The van der Waals surface area contributed by atoms with Crippen molar-refractivity contribution in [2.45, 2.75) is 76.4 Å². The van der Waals surface area contributed by atoms with E-state index in [0.717, 1.165) is 55.4 Å². The van der Waals surface area contributed by atoms with Gasteiger partial charge in [-0.15, -0.1) is 0 Å². The highest BCUT2D eigenvalue weighted by molar-refractivity contribution is 7.80. The van der Waals surface area contributed by atoms with Crippen LogP contribution in [0.4, 0.5) is 11.8 Å². The van der Waals surface area contributed by atoms with Crippen molar-refractivity contribution in [1.29, 1.82) is 0 Å². The Hall–Kier alpha value is -2.41. The van der Waals surface area contributed by atoms with E-state index in [2.05, 4.69) is 66.1 Å². The Bertz CT molecular complexity index is 908. The van der Waals surface area contributed by atoms with Gasteiger partial charge in [-0.2, -0.15) is 4.98 Å². The van der Waals surface area contributed by atoms with Crippen LogP contribution in [-0.2, 0) is 12.8 Å². The number of hydrogen-bond donors (Lipinski definition) is 3. The van der Waals surface area contributed by atoms with Gasteiger partial charge in [0, 0.05) is 31.7 Å². The first-order chi connectivity index (χ1) is 15.5. The van der Waals surface area contributed by atoms with Gasteiger partial charge in [0.25, 0.3) is 0 Å². The van der Waals surface area contributed by atoms with Crippen molar-refractivity contribution in [3.63, 3.8) is 0 Å². The van der Waals surface area contributed by atoms with Crippen molar-refractivity contribution in [1.82, 2.24) is 20.6 Å². The molecule has 0 saturated heterocycles. The number of benzene rings is 1. The van der Waals surface area contributed by atoms with E-state index in [1.165, 1.54) is 29.7 Å². The van der Waals surface area contributed by atoms with Gasteiger partial charge in [-0.1, -0.05) is 30.3 Å². The molecule has 1 aromatic carbocycles. The first-order valence-corrected chi connectivity index (χ1v) is 12.4. The Morgan fingerprint density at radius 2 is 1.69 bits per heavy atom. The summed E-state index contributed by atoms with van der Waals surface area (Å²) >= 11 is 5.58. The van der Waals surface area contributed by atoms with Gasteiger partial charge < -0.3 is 20.9 Å². The van der Waals surface area contributed by atoms with Crippen LogP contribution in [0, 0.1) is 0 Å². The van der Waals surface area contributed by atoms with Crippen LogP contribution in [0.25, 0.3) is 0 Å². The number of anilines is 2. The predicted octanol–water partition coefficient (Wildman–Crippen LogP) is 4.37. The van der Waals surface area contributed by atoms with Gasteiger partial charge in [0.15, 0.2) is 5.11 Å². The second kappa shape index (κ2) is 10.5. The van der Waals surface area contributed by atoms with E-state index in [4.69, 9.17) is 22.2 Å². The molecule has 1 heterocycles. The zero-order valence-corrected chi connectivity index (χ0v) is 20.3. The van der Waals surface area contributed by atoms with E-state index >= 15 is 0 Å². The Morgan fingerprint density at radius 3 is 2.41 bits per heavy atom. The highest BCUT2D eigenvalue weighted by atomic mass is 32.1. The Morgan fingerprint density at radius 1 is 1.00 bits per heavy atom. The topological polar surface area (TPSA) is 65.1 Å². The summed E-state index contributed by atoms with van der Waals surface area (Å²) in [7, 11) is 4.15. The zero-order valence-electron chi connectivity index (χ0n) is 19.5. The highest BCUT2D eigenvalue weighted by Gasteiger charge is 2.24. The van der Waals surface area contributed by atoms with Crippen LogP contribution in [-0.4, -0.2) is 41.3 Å². The molecule has 4 rings (SSSR count). The first-order valence-electron chi connectivity index (χ1n) is 11.9. The molecule has 2 aromatic rings.